The average Bonchev–Trinajstić information content (AvgIpc) is 2.90. The molecule has 0 aliphatic carbocycles. The number of rotatable bonds is 6. The summed E-state index contributed by atoms with van der Waals surface area (Å²) in [4.78, 5) is 0.347. The smallest absolute Gasteiger partial charge is 0.243 e. The SMILES string of the molecule is CCCN(CC1CCOC1)S(=O)(=O)c1ccc(Cl)cc1C. The van der Waals surface area contributed by atoms with Gasteiger partial charge < -0.3 is 4.74 Å². The van der Waals surface area contributed by atoms with Crippen molar-refractivity contribution in [3.05, 3.63) is 28.8 Å². The van der Waals surface area contributed by atoms with Crippen LogP contribution in [0.5, 0.6) is 0 Å². The van der Waals surface area contributed by atoms with Gasteiger partial charge in [-0.2, -0.15) is 4.31 Å². The van der Waals surface area contributed by atoms with Gasteiger partial charge in [0.2, 0.25) is 10.0 Å². The van der Waals surface area contributed by atoms with Crippen molar-refractivity contribution in [1.29, 1.82) is 0 Å². The molecule has 0 bridgehead atoms. The molecular formula is C15H22ClNO3S. The minimum atomic E-state index is -3.48. The molecule has 0 aromatic heterocycles. The standard InChI is InChI=1S/C15H22ClNO3S/c1-3-7-17(10-13-6-8-20-11-13)21(18,19)15-5-4-14(16)9-12(15)2/h4-5,9,13H,3,6-8,10-11H2,1-2H3. The Balaban J connectivity index is 2.27. The molecule has 1 atom stereocenters. The molecule has 0 radical (unpaired) electrons. The molecule has 0 amide bonds. The first-order chi connectivity index (χ1) is 9.95. The number of hydrogen-bond donors (Lipinski definition) is 0. The van der Waals surface area contributed by atoms with Crippen molar-refractivity contribution in [2.24, 2.45) is 5.92 Å². The Morgan fingerprint density at radius 1 is 1.43 bits per heavy atom. The van der Waals surface area contributed by atoms with E-state index >= 15 is 0 Å². The maximum absolute atomic E-state index is 12.9. The topological polar surface area (TPSA) is 46.6 Å². The van der Waals surface area contributed by atoms with Crippen LogP contribution in [0.2, 0.25) is 5.02 Å². The minimum absolute atomic E-state index is 0.291. The summed E-state index contributed by atoms with van der Waals surface area (Å²) < 4.78 is 32.7. The Labute approximate surface area is 132 Å². The van der Waals surface area contributed by atoms with Crippen LogP contribution in [0.25, 0.3) is 0 Å². The van der Waals surface area contributed by atoms with Crippen LogP contribution in [0.15, 0.2) is 23.1 Å². The molecule has 0 N–H and O–H groups in total. The van der Waals surface area contributed by atoms with E-state index in [2.05, 4.69) is 0 Å². The fourth-order valence-electron chi connectivity index (χ4n) is 2.62. The van der Waals surface area contributed by atoms with E-state index in [4.69, 9.17) is 16.3 Å². The first kappa shape index (κ1) is 16.7. The van der Waals surface area contributed by atoms with Gasteiger partial charge in [-0.15, -0.1) is 0 Å². The number of sulfonamides is 1. The zero-order chi connectivity index (χ0) is 15.5. The molecule has 1 heterocycles. The lowest BCUT2D eigenvalue weighted by molar-refractivity contribution is 0.180. The van der Waals surface area contributed by atoms with Gasteiger partial charge in [0.1, 0.15) is 0 Å². The molecule has 1 unspecified atom stereocenters. The number of nitrogens with zero attached hydrogens (tertiary/aromatic N) is 1. The van der Waals surface area contributed by atoms with Crippen LogP contribution in [-0.2, 0) is 14.8 Å². The highest BCUT2D eigenvalue weighted by atomic mass is 35.5. The zero-order valence-corrected chi connectivity index (χ0v) is 14.1. The van der Waals surface area contributed by atoms with Crippen LogP contribution in [0.4, 0.5) is 0 Å². The van der Waals surface area contributed by atoms with E-state index in [0.29, 0.717) is 41.1 Å². The molecule has 2 rings (SSSR count). The monoisotopic (exact) mass is 331 g/mol. The van der Waals surface area contributed by atoms with Crippen molar-refractivity contribution in [1.82, 2.24) is 4.31 Å². The summed E-state index contributed by atoms with van der Waals surface area (Å²) in [6.45, 7) is 6.20. The lowest BCUT2D eigenvalue weighted by Crippen LogP contribution is -2.36. The second-order valence-corrected chi connectivity index (χ2v) is 7.85. The van der Waals surface area contributed by atoms with E-state index in [0.717, 1.165) is 19.4 Å². The van der Waals surface area contributed by atoms with Gasteiger partial charge in [0.15, 0.2) is 0 Å². The normalized spacial score (nSPS) is 19.3. The fourth-order valence-corrected chi connectivity index (χ4v) is 4.66. The predicted molar refractivity (Wildman–Crippen MR) is 84.2 cm³/mol. The summed E-state index contributed by atoms with van der Waals surface area (Å²) in [5.74, 6) is 0.291. The first-order valence-corrected chi connectivity index (χ1v) is 9.11. The Morgan fingerprint density at radius 3 is 2.76 bits per heavy atom. The minimum Gasteiger partial charge on any atom is -0.381 e. The van der Waals surface area contributed by atoms with Crippen molar-refractivity contribution in [3.8, 4) is 0 Å². The van der Waals surface area contributed by atoms with Crippen LogP contribution >= 0.6 is 11.6 Å². The maximum Gasteiger partial charge on any atom is 0.243 e. The van der Waals surface area contributed by atoms with Crippen molar-refractivity contribution in [2.45, 2.75) is 31.6 Å². The molecule has 1 aromatic carbocycles. The largest absolute Gasteiger partial charge is 0.381 e. The molecule has 118 valence electrons. The third kappa shape index (κ3) is 3.97. The predicted octanol–water partition coefficient (Wildman–Crippen LogP) is 3.09. The number of halogens is 1. The summed E-state index contributed by atoms with van der Waals surface area (Å²) in [6, 6.07) is 4.92. The van der Waals surface area contributed by atoms with E-state index < -0.39 is 10.0 Å². The van der Waals surface area contributed by atoms with Crippen LogP contribution in [0.1, 0.15) is 25.3 Å². The Hall–Kier alpha value is -0.620. The van der Waals surface area contributed by atoms with Gasteiger partial charge in [0.05, 0.1) is 11.5 Å². The van der Waals surface area contributed by atoms with Crippen molar-refractivity contribution < 1.29 is 13.2 Å². The van der Waals surface area contributed by atoms with Gasteiger partial charge in [0, 0.05) is 24.7 Å². The highest BCUT2D eigenvalue weighted by Gasteiger charge is 2.29. The Morgan fingerprint density at radius 2 is 2.19 bits per heavy atom. The number of aryl methyl sites for hydroxylation is 1. The van der Waals surface area contributed by atoms with E-state index in [-0.39, 0.29) is 0 Å². The average molecular weight is 332 g/mol. The van der Waals surface area contributed by atoms with Crippen LogP contribution in [0, 0.1) is 12.8 Å². The van der Waals surface area contributed by atoms with Gasteiger partial charge in [0.25, 0.3) is 0 Å². The van der Waals surface area contributed by atoms with Crippen LogP contribution in [-0.4, -0.2) is 39.0 Å². The van der Waals surface area contributed by atoms with Gasteiger partial charge in [-0.25, -0.2) is 8.42 Å². The second kappa shape index (κ2) is 7.09. The molecular weight excluding hydrogens is 310 g/mol. The molecule has 21 heavy (non-hydrogen) atoms. The second-order valence-electron chi connectivity index (χ2n) is 5.50. The maximum atomic E-state index is 12.9. The summed E-state index contributed by atoms with van der Waals surface area (Å²) in [5, 5.41) is 0.553. The van der Waals surface area contributed by atoms with E-state index in [1.54, 1.807) is 29.4 Å². The number of ether oxygens (including phenoxy) is 1. The van der Waals surface area contributed by atoms with E-state index in [1.807, 2.05) is 6.92 Å². The lowest BCUT2D eigenvalue weighted by Gasteiger charge is -2.25. The molecule has 1 saturated heterocycles. The van der Waals surface area contributed by atoms with Crippen LogP contribution in [0.3, 0.4) is 0 Å². The van der Waals surface area contributed by atoms with Gasteiger partial charge in [-0.1, -0.05) is 18.5 Å². The van der Waals surface area contributed by atoms with Gasteiger partial charge in [-0.3, -0.25) is 0 Å². The lowest BCUT2D eigenvalue weighted by atomic mass is 10.1. The quantitative estimate of drug-likeness (QED) is 0.804. The Kier molecular flexibility index (Phi) is 5.66. The van der Waals surface area contributed by atoms with E-state index in [9.17, 15) is 8.42 Å². The fraction of sp³-hybridized carbons (Fsp3) is 0.600. The highest BCUT2D eigenvalue weighted by molar-refractivity contribution is 7.89. The van der Waals surface area contributed by atoms with Crippen molar-refractivity contribution in [2.75, 3.05) is 26.3 Å². The molecule has 0 spiro atoms. The van der Waals surface area contributed by atoms with Crippen LogP contribution < -0.4 is 0 Å². The third-order valence-electron chi connectivity index (χ3n) is 3.71. The van der Waals surface area contributed by atoms with Gasteiger partial charge in [-0.05, 0) is 49.4 Å². The summed E-state index contributed by atoms with van der Waals surface area (Å²) in [5.41, 5.74) is 0.686. The molecule has 1 aromatic rings. The van der Waals surface area contributed by atoms with Crippen molar-refractivity contribution in [3.63, 3.8) is 0 Å². The highest BCUT2D eigenvalue weighted by Crippen LogP contribution is 2.25. The number of benzene rings is 1. The third-order valence-corrected chi connectivity index (χ3v) is 5.97. The van der Waals surface area contributed by atoms with E-state index in [1.165, 1.54) is 0 Å². The zero-order valence-electron chi connectivity index (χ0n) is 12.5. The first-order valence-electron chi connectivity index (χ1n) is 7.29. The summed E-state index contributed by atoms with van der Waals surface area (Å²) in [7, 11) is -3.48. The molecule has 0 saturated carbocycles. The molecule has 4 nitrogen and oxygen atoms in total. The summed E-state index contributed by atoms with van der Waals surface area (Å²) >= 11 is 5.92. The van der Waals surface area contributed by atoms with Gasteiger partial charge >= 0.3 is 0 Å². The van der Waals surface area contributed by atoms with Crippen molar-refractivity contribution >= 4 is 21.6 Å². The Bertz CT molecular complexity index is 583. The number of hydrogen-bond acceptors (Lipinski definition) is 3. The molecule has 1 aliphatic rings. The molecule has 6 heteroatoms. The molecule has 1 fully saturated rings. The summed E-state index contributed by atoms with van der Waals surface area (Å²) in [6.07, 6.45) is 1.72. The molecule has 1 aliphatic heterocycles.